The maximum absolute atomic E-state index is 12.6. The predicted molar refractivity (Wildman–Crippen MR) is 124 cm³/mol. The molecule has 0 aromatic carbocycles. The van der Waals surface area contributed by atoms with Gasteiger partial charge >= 0.3 is 0 Å². The molecule has 0 saturated heterocycles. The number of nitrogens with one attached hydrogen (secondary N) is 1. The summed E-state index contributed by atoms with van der Waals surface area (Å²) in [5, 5.41) is 14.0. The van der Waals surface area contributed by atoms with Crippen molar-refractivity contribution in [2.24, 2.45) is 5.41 Å². The average molecular weight is 425 g/mol. The maximum Gasteiger partial charge on any atom is 0.230 e. The molecule has 1 atom stereocenters. The van der Waals surface area contributed by atoms with E-state index in [0.29, 0.717) is 0 Å². The molecule has 0 radical (unpaired) electrons. The second-order valence-corrected chi connectivity index (χ2v) is 10.2. The van der Waals surface area contributed by atoms with Gasteiger partial charge < -0.3 is 19.7 Å². The SMILES string of the molecule is CCCCCCCC/C=C\CCCCCCC(C)(C)C(=O)NC(C(=O)[O-])[N+](C)(C)C. The Morgan fingerprint density at radius 2 is 1.33 bits per heavy atom. The molecule has 0 aromatic heterocycles. The number of aliphatic carboxylic acids is 1. The molecule has 0 aliphatic carbocycles. The molecular formula is C25H48N2O3. The first kappa shape index (κ1) is 28.6. The van der Waals surface area contributed by atoms with E-state index in [9.17, 15) is 14.7 Å². The number of likely N-dealkylation sites (N-methyl/N-ethyl adjacent to an activating group) is 1. The number of carbonyl (C=O) groups excluding carboxylic acids is 2. The summed E-state index contributed by atoms with van der Waals surface area (Å²) in [5.41, 5.74) is -0.583. The van der Waals surface area contributed by atoms with E-state index in [0.717, 1.165) is 25.7 Å². The molecule has 5 nitrogen and oxygen atoms in total. The number of allylic oxidation sites excluding steroid dienone is 2. The lowest BCUT2D eigenvalue weighted by Gasteiger charge is -2.36. The third-order valence-electron chi connectivity index (χ3n) is 5.69. The number of quaternary nitrogens is 1. The van der Waals surface area contributed by atoms with Gasteiger partial charge in [0.05, 0.1) is 21.1 Å². The average Bonchev–Trinajstić information content (AvgIpc) is 2.64. The number of nitrogens with zero attached hydrogens (tertiary/aromatic N) is 1. The third kappa shape index (κ3) is 13.8. The second kappa shape index (κ2) is 15.4. The van der Waals surface area contributed by atoms with Crippen LogP contribution in [0.5, 0.6) is 0 Å². The highest BCUT2D eigenvalue weighted by Crippen LogP contribution is 2.25. The molecule has 0 saturated carbocycles. The van der Waals surface area contributed by atoms with E-state index in [4.69, 9.17) is 0 Å². The number of unbranched alkanes of at least 4 members (excludes halogenated alkanes) is 10. The van der Waals surface area contributed by atoms with Crippen molar-refractivity contribution in [1.82, 2.24) is 5.32 Å². The Morgan fingerprint density at radius 1 is 0.867 bits per heavy atom. The van der Waals surface area contributed by atoms with Crippen LogP contribution < -0.4 is 10.4 Å². The van der Waals surface area contributed by atoms with Gasteiger partial charge in [-0.15, -0.1) is 0 Å². The fourth-order valence-corrected chi connectivity index (χ4v) is 3.46. The minimum absolute atomic E-state index is 0.0938. The molecule has 0 aliphatic rings. The van der Waals surface area contributed by atoms with E-state index in [-0.39, 0.29) is 10.4 Å². The van der Waals surface area contributed by atoms with E-state index < -0.39 is 17.6 Å². The number of carboxylic acids is 1. The van der Waals surface area contributed by atoms with E-state index in [1.54, 1.807) is 21.1 Å². The first-order valence-corrected chi connectivity index (χ1v) is 12.0. The first-order valence-electron chi connectivity index (χ1n) is 12.0. The van der Waals surface area contributed by atoms with Crippen LogP contribution in [0.1, 0.15) is 104 Å². The van der Waals surface area contributed by atoms with Crippen LogP contribution in [0.15, 0.2) is 12.2 Å². The van der Waals surface area contributed by atoms with E-state index in [1.807, 2.05) is 13.8 Å². The molecule has 0 fully saturated rings. The standard InChI is InChI=1S/C25H48N2O3/c1-7-8-9-10-11-12-13-14-15-16-17-18-19-20-21-25(2,3)24(30)26-22(23(28)29)27(4,5)6/h14-15,22H,7-13,16-21H2,1-6H3,(H-,26,28,29,30)/b15-14-. The fourth-order valence-electron chi connectivity index (χ4n) is 3.46. The summed E-state index contributed by atoms with van der Waals surface area (Å²) in [5.74, 6) is -1.47. The Labute approximate surface area is 185 Å². The summed E-state index contributed by atoms with van der Waals surface area (Å²) < 4.78 is 0.0938. The molecule has 1 unspecified atom stereocenters. The molecular weight excluding hydrogens is 376 g/mol. The van der Waals surface area contributed by atoms with Crippen LogP contribution >= 0.6 is 0 Å². The monoisotopic (exact) mass is 424 g/mol. The summed E-state index contributed by atoms with van der Waals surface area (Å²) in [6.45, 7) is 6.02. The van der Waals surface area contributed by atoms with Crippen molar-refractivity contribution in [3.05, 3.63) is 12.2 Å². The quantitative estimate of drug-likeness (QED) is 0.152. The van der Waals surface area contributed by atoms with E-state index >= 15 is 0 Å². The van der Waals surface area contributed by atoms with Crippen molar-refractivity contribution in [2.75, 3.05) is 21.1 Å². The summed E-state index contributed by atoms with van der Waals surface area (Å²) in [7, 11) is 5.20. The van der Waals surface area contributed by atoms with Crippen LogP contribution in [-0.2, 0) is 9.59 Å². The lowest BCUT2D eigenvalue weighted by molar-refractivity contribution is -0.891. The van der Waals surface area contributed by atoms with Gasteiger partial charge in [-0.2, -0.15) is 0 Å². The van der Waals surface area contributed by atoms with Crippen molar-refractivity contribution in [2.45, 2.75) is 110 Å². The molecule has 0 aromatic rings. The zero-order valence-corrected chi connectivity index (χ0v) is 20.6. The minimum Gasteiger partial charge on any atom is -0.542 e. The number of rotatable bonds is 18. The number of hydrogen-bond donors (Lipinski definition) is 1. The van der Waals surface area contributed by atoms with Gasteiger partial charge in [-0.25, -0.2) is 0 Å². The lowest BCUT2D eigenvalue weighted by atomic mass is 9.85. The largest absolute Gasteiger partial charge is 0.542 e. The highest BCUT2D eigenvalue weighted by atomic mass is 16.4. The highest BCUT2D eigenvalue weighted by Gasteiger charge is 2.33. The molecule has 0 aliphatic heterocycles. The Morgan fingerprint density at radius 3 is 1.80 bits per heavy atom. The molecule has 0 bridgehead atoms. The Kier molecular flexibility index (Phi) is 14.7. The van der Waals surface area contributed by atoms with Gasteiger partial charge in [0.2, 0.25) is 12.1 Å². The van der Waals surface area contributed by atoms with Crippen LogP contribution in [0, 0.1) is 5.41 Å². The highest BCUT2D eigenvalue weighted by molar-refractivity contribution is 5.85. The molecule has 0 rings (SSSR count). The molecule has 0 heterocycles. The van der Waals surface area contributed by atoms with Crippen LogP contribution in [-0.4, -0.2) is 43.7 Å². The normalized spacial score (nSPS) is 13.5. The summed E-state index contributed by atoms with van der Waals surface area (Å²) in [6.07, 6.45) is 19.2. The lowest BCUT2D eigenvalue weighted by Crippen LogP contribution is -2.64. The second-order valence-electron chi connectivity index (χ2n) is 10.2. The van der Waals surface area contributed by atoms with Crippen molar-refractivity contribution < 1.29 is 19.2 Å². The first-order chi connectivity index (χ1) is 14.0. The van der Waals surface area contributed by atoms with Crippen LogP contribution in [0.25, 0.3) is 0 Å². The van der Waals surface area contributed by atoms with Gasteiger partial charge in [-0.05, 0) is 32.1 Å². The molecule has 0 spiro atoms. The minimum atomic E-state index is -1.25. The van der Waals surface area contributed by atoms with Gasteiger partial charge in [-0.1, -0.05) is 84.3 Å². The summed E-state index contributed by atoms with van der Waals surface area (Å²) in [4.78, 5) is 23.9. The van der Waals surface area contributed by atoms with E-state index in [1.165, 1.54) is 57.8 Å². The molecule has 5 heteroatoms. The Balaban J connectivity index is 3.92. The molecule has 30 heavy (non-hydrogen) atoms. The van der Waals surface area contributed by atoms with Crippen molar-refractivity contribution in [1.29, 1.82) is 0 Å². The van der Waals surface area contributed by atoms with Gasteiger partial charge in [-0.3, -0.25) is 4.79 Å². The van der Waals surface area contributed by atoms with Crippen molar-refractivity contribution in [3.8, 4) is 0 Å². The zero-order chi connectivity index (χ0) is 23.0. The van der Waals surface area contributed by atoms with Gasteiger partial charge in [0, 0.05) is 5.41 Å². The topological polar surface area (TPSA) is 69.2 Å². The van der Waals surface area contributed by atoms with Gasteiger partial charge in [0.25, 0.3) is 0 Å². The fraction of sp³-hybridized carbons (Fsp3) is 0.840. The molecule has 1 amide bonds. The van der Waals surface area contributed by atoms with Crippen LogP contribution in [0.2, 0.25) is 0 Å². The van der Waals surface area contributed by atoms with Crippen molar-refractivity contribution in [3.63, 3.8) is 0 Å². The van der Waals surface area contributed by atoms with Gasteiger partial charge in [0.15, 0.2) is 0 Å². The molecule has 176 valence electrons. The number of hydrogen-bond acceptors (Lipinski definition) is 3. The molecule has 1 N–H and O–H groups in total. The van der Waals surface area contributed by atoms with Crippen molar-refractivity contribution >= 4 is 11.9 Å². The van der Waals surface area contributed by atoms with E-state index in [2.05, 4.69) is 24.4 Å². The summed E-state index contributed by atoms with van der Waals surface area (Å²) in [6, 6.07) is 0. The number of amides is 1. The van der Waals surface area contributed by atoms with Crippen LogP contribution in [0.3, 0.4) is 0 Å². The van der Waals surface area contributed by atoms with Gasteiger partial charge in [0.1, 0.15) is 5.97 Å². The Hall–Kier alpha value is -1.36. The third-order valence-corrected chi connectivity index (χ3v) is 5.69. The predicted octanol–water partition coefficient (Wildman–Crippen LogP) is 4.56. The maximum atomic E-state index is 12.6. The number of carbonyl (C=O) groups is 2. The Bertz CT molecular complexity index is 507. The summed E-state index contributed by atoms with van der Waals surface area (Å²) >= 11 is 0. The zero-order valence-electron chi connectivity index (χ0n) is 20.6. The smallest absolute Gasteiger partial charge is 0.230 e. The van der Waals surface area contributed by atoms with Crippen LogP contribution in [0.4, 0.5) is 0 Å². The number of carboxylic acid groups (broad SMARTS) is 1.